The van der Waals surface area contributed by atoms with Gasteiger partial charge in [0.25, 0.3) is 5.91 Å². The maximum Gasteiger partial charge on any atom is 0.275 e. The van der Waals surface area contributed by atoms with Gasteiger partial charge in [0.15, 0.2) is 0 Å². The molecule has 0 aliphatic rings. The van der Waals surface area contributed by atoms with Crippen molar-refractivity contribution in [1.29, 1.82) is 0 Å². The smallest absolute Gasteiger partial charge is 0.275 e. The van der Waals surface area contributed by atoms with Gasteiger partial charge in [-0.3, -0.25) is 4.79 Å². The van der Waals surface area contributed by atoms with Gasteiger partial charge in [0.2, 0.25) is 0 Å². The molecule has 0 radical (unpaired) electrons. The zero-order valence-corrected chi connectivity index (χ0v) is 13.4. The van der Waals surface area contributed by atoms with E-state index in [9.17, 15) is 4.79 Å². The van der Waals surface area contributed by atoms with Crippen molar-refractivity contribution in [3.8, 4) is 10.4 Å². The Hall–Kier alpha value is -2.17. The van der Waals surface area contributed by atoms with Crippen LogP contribution in [0.5, 0.6) is 0 Å². The van der Waals surface area contributed by atoms with Crippen LogP contribution in [0.25, 0.3) is 10.4 Å². The molecule has 1 heterocycles. The number of thiazole rings is 1. The number of aryl methyl sites for hydroxylation is 1. The highest BCUT2D eigenvalue weighted by Crippen LogP contribution is 2.31. The quantitative estimate of drug-likeness (QED) is 0.733. The number of aromatic nitrogens is 1. The van der Waals surface area contributed by atoms with Crippen LogP contribution in [0.1, 0.15) is 15.5 Å². The first-order valence-electron chi connectivity index (χ1n) is 6.74. The minimum absolute atomic E-state index is 0.253. The Morgan fingerprint density at radius 2 is 1.77 bits per heavy atom. The molecule has 22 heavy (non-hydrogen) atoms. The van der Waals surface area contributed by atoms with E-state index in [1.165, 1.54) is 11.3 Å². The maximum absolute atomic E-state index is 12.5. The minimum atomic E-state index is -0.253. The van der Waals surface area contributed by atoms with Crippen LogP contribution in [0.15, 0.2) is 54.6 Å². The van der Waals surface area contributed by atoms with Crippen LogP contribution in [0.3, 0.4) is 0 Å². The second-order valence-electron chi connectivity index (χ2n) is 4.71. The molecule has 0 aliphatic carbocycles. The highest BCUT2D eigenvalue weighted by molar-refractivity contribution is 7.15. The van der Waals surface area contributed by atoms with Crippen molar-refractivity contribution in [3.63, 3.8) is 0 Å². The summed E-state index contributed by atoms with van der Waals surface area (Å²) in [6.07, 6.45) is 0. The number of hydrogen-bond donors (Lipinski definition) is 1. The fourth-order valence-corrected chi connectivity index (χ4v) is 3.21. The fraction of sp³-hybridized carbons (Fsp3) is 0.0588. The van der Waals surface area contributed by atoms with E-state index < -0.39 is 0 Å². The second kappa shape index (κ2) is 6.30. The van der Waals surface area contributed by atoms with Gasteiger partial charge in [0, 0.05) is 0 Å². The summed E-state index contributed by atoms with van der Waals surface area (Å²) in [7, 11) is 0. The van der Waals surface area contributed by atoms with E-state index in [4.69, 9.17) is 11.6 Å². The lowest BCUT2D eigenvalue weighted by atomic mass is 10.1. The Balaban J connectivity index is 1.95. The highest BCUT2D eigenvalue weighted by atomic mass is 35.5. The van der Waals surface area contributed by atoms with Crippen molar-refractivity contribution in [2.45, 2.75) is 6.92 Å². The summed E-state index contributed by atoms with van der Waals surface area (Å²) in [5.74, 6) is -0.253. The molecule has 0 unspecified atom stereocenters. The number of nitrogens with one attached hydrogen (secondary N) is 1. The molecule has 0 saturated carbocycles. The Morgan fingerprint density at radius 1 is 1.09 bits per heavy atom. The van der Waals surface area contributed by atoms with E-state index in [2.05, 4.69) is 10.3 Å². The Morgan fingerprint density at radius 3 is 2.50 bits per heavy atom. The predicted octanol–water partition coefficient (Wildman–Crippen LogP) is 5.02. The van der Waals surface area contributed by atoms with Crippen molar-refractivity contribution >= 4 is 34.5 Å². The van der Waals surface area contributed by atoms with Crippen molar-refractivity contribution in [1.82, 2.24) is 4.98 Å². The summed E-state index contributed by atoms with van der Waals surface area (Å²) >= 11 is 7.59. The second-order valence-corrected chi connectivity index (χ2v) is 6.32. The van der Waals surface area contributed by atoms with Crippen molar-refractivity contribution in [3.05, 3.63) is 70.3 Å². The molecule has 1 N–H and O–H groups in total. The molecule has 0 aliphatic heterocycles. The van der Waals surface area contributed by atoms with Crippen molar-refractivity contribution < 1.29 is 4.79 Å². The first-order valence-corrected chi connectivity index (χ1v) is 7.93. The molecule has 3 aromatic rings. The van der Waals surface area contributed by atoms with Gasteiger partial charge in [0.05, 0.1) is 20.6 Å². The van der Waals surface area contributed by atoms with Gasteiger partial charge < -0.3 is 5.32 Å². The van der Waals surface area contributed by atoms with Gasteiger partial charge in [0.1, 0.15) is 5.69 Å². The summed E-state index contributed by atoms with van der Waals surface area (Å²) in [6.45, 7) is 1.89. The van der Waals surface area contributed by atoms with Crippen LogP contribution in [-0.2, 0) is 0 Å². The number of para-hydroxylation sites is 1. The van der Waals surface area contributed by atoms with Crippen LogP contribution >= 0.6 is 22.9 Å². The molecule has 0 bridgehead atoms. The Labute approximate surface area is 137 Å². The zero-order chi connectivity index (χ0) is 15.5. The van der Waals surface area contributed by atoms with Gasteiger partial charge in [-0.25, -0.2) is 4.98 Å². The number of benzene rings is 2. The number of amides is 1. The van der Waals surface area contributed by atoms with E-state index >= 15 is 0 Å². The SMILES string of the molecule is Cc1nc(C(=O)Nc2ccccc2Cl)c(-c2ccccc2)s1. The van der Waals surface area contributed by atoms with E-state index in [0.29, 0.717) is 16.4 Å². The average Bonchev–Trinajstić information content (AvgIpc) is 2.92. The van der Waals surface area contributed by atoms with E-state index in [1.807, 2.05) is 49.4 Å². The fourth-order valence-electron chi connectivity index (χ4n) is 2.11. The summed E-state index contributed by atoms with van der Waals surface area (Å²) in [5.41, 5.74) is 1.99. The standard InChI is InChI=1S/C17H13ClN2OS/c1-11-19-15(16(22-11)12-7-3-2-4-8-12)17(21)20-14-10-6-5-9-13(14)18/h2-10H,1H3,(H,20,21). The lowest BCUT2D eigenvalue weighted by Gasteiger charge is -2.07. The molecule has 0 spiro atoms. The van der Waals surface area contributed by atoms with Crippen LogP contribution in [-0.4, -0.2) is 10.9 Å². The number of hydrogen-bond acceptors (Lipinski definition) is 3. The van der Waals surface area contributed by atoms with E-state index in [1.54, 1.807) is 12.1 Å². The molecule has 1 aromatic heterocycles. The van der Waals surface area contributed by atoms with Gasteiger partial charge in [-0.2, -0.15) is 0 Å². The molecule has 5 heteroatoms. The van der Waals surface area contributed by atoms with Crippen LogP contribution in [0, 0.1) is 6.92 Å². The van der Waals surface area contributed by atoms with Gasteiger partial charge in [-0.05, 0) is 24.6 Å². The Kier molecular flexibility index (Phi) is 4.22. The molecule has 0 atom stereocenters. The highest BCUT2D eigenvalue weighted by Gasteiger charge is 2.18. The van der Waals surface area contributed by atoms with E-state index in [-0.39, 0.29) is 5.91 Å². The molecule has 3 nitrogen and oxygen atoms in total. The average molecular weight is 329 g/mol. The van der Waals surface area contributed by atoms with E-state index in [0.717, 1.165) is 15.4 Å². The molecule has 3 rings (SSSR count). The molecule has 0 fully saturated rings. The number of carbonyl (C=O) groups is 1. The first kappa shape index (κ1) is 14.8. The van der Waals surface area contributed by atoms with Crippen LogP contribution in [0.4, 0.5) is 5.69 Å². The van der Waals surface area contributed by atoms with Crippen molar-refractivity contribution in [2.75, 3.05) is 5.32 Å². The van der Waals surface area contributed by atoms with Gasteiger partial charge in [-0.1, -0.05) is 54.1 Å². The third-order valence-electron chi connectivity index (χ3n) is 3.11. The summed E-state index contributed by atoms with van der Waals surface area (Å²) in [5, 5.41) is 4.18. The maximum atomic E-state index is 12.5. The molecule has 1 amide bonds. The van der Waals surface area contributed by atoms with Gasteiger partial charge >= 0.3 is 0 Å². The zero-order valence-electron chi connectivity index (χ0n) is 11.8. The third kappa shape index (κ3) is 3.03. The normalized spacial score (nSPS) is 10.5. The Bertz CT molecular complexity index is 815. The lowest BCUT2D eigenvalue weighted by molar-refractivity contribution is 0.102. The topological polar surface area (TPSA) is 42.0 Å². The minimum Gasteiger partial charge on any atom is -0.319 e. The summed E-state index contributed by atoms with van der Waals surface area (Å²) in [4.78, 5) is 17.8. The number of rotatable bonds is 3. The number of nitrogens with zero attached hydrogens (tertiary/aromatic N) is 1. The third-order valence-corrected chi connectivity index (χ3v) is 4.46. The molecule has 110 valence electrons. The summed E-state index contributed by atoms with van der Waals surface area (Å²) in [6, 6.07) is 16.9. The monoisotopic (exact) mass is 328 g/mol. The van der Waals surface area contributed by atoms with Crippen LogP contribution < -0.4 is 5.32 Å². The van der Waals surface area contributed by atoms with Crippen molar-refractivity contribution in [2.24, 2.45) is 0 Å². The number of anilines is 1. The molecule has 0 saturated heterocycles. The molecular formula is C17H13ClN2OS. The van der Waals surface area contributed by atoms with Gasteiger partial charge in [-0.15, -0.1) is 11.3 Å². The summed E-state index contributed by atoms with van der Waals surface area (Å²) < 4.78 is 0. The molecule has 2 aromatic carbocycles. The number of carbonyl (C=O) groups excluding carboxylic acids is 1. The molecular weight excluding hydrogens is 316 g/mol. The lowest BCUT2D eigenvalue weighted by Crippen LogP contribution is -2.13. The first-order chi connectivity index (χ1) is 10.6. The number of halogens is 1. The van der Waals surface area contributed by atoms with Crippen LogP contribution in [0.2, 0.25) is 5.02 Å². The predicted molar refractivity (Wildman–Crippen MR) is 91.7 cm³/mol. The largest absolute Gasteiger partial charge is 0.319 e.